The molecule has 4 fully saturated rings. The van der Waals surface area contributed by atoms with Crippen LogP contribution in [0.15, 0.2) is 23.2 Å². The van der Waals surface area contributed by atoms with Gasteiger partial charge in [0.2, 0.25) is 0 Å². The van der Waals surface area contributed by atoms with Crippen LogP contribution in [0.25, 0.3) is 0 Å². The van der Waals surface area contributed by atoms with Crippen molar-refractivity contribution >= 4 is 5.97 Å². The van der Waals surface area contributed by atoms with E-state index in [2.05, 4.69) is 18.7 Å². The Bertz CT molecular complexity index is 775. The monoisotopic (exact) mass is 389 g/mol. The Morgan fingerprint density at radius 3 is 2.96 bits per heavy atom. The second kappa shape index (κ2) is 6.07. The van der Waals surface area contributed by atoms with Crippen LogP contribution in [0.1, 0.15) is 52.9 Å². The van der Waals surface area contributed by atoms with E-state index in [0.717, 1.165) is 25.8 Å². The third-order valence-corrected chi connectivity index (χ3v) is 8.12. The minimum atomic E-state index is -1.08. The zero-order valence-corrected chi connectivity index (χ0v) is 17.2. The van der Waals surface area contributed by atoms with Gasteiger partial charge < -0.3 is 19.3 Å². The highest BCUT2D eigenvalue weighted by molar-refractivity contribution is 5.93. The van der Waals surface area contributed by atoms with Crippen LogP contribution in [0.4, 0.5) is 0 Å². The summed E-state index contributed by atoms with van der Waals surface area (Å²) in [5.74, 6) is -0.329. The fourth-order valence-corrected chi connectivity index (χ4v) is 7.19. The van der Waals surface area contributed by atoms with Gasteiger partial charge in [-0.15, -0.1) is 0 Å². The Morgan fingerprint density at radius 2 is 2.25 bits per heavy atom. The van der Waals surface area contributed by atoms with E-state index in [9.17, 15) is 9.90 Å². The van der Waals surface area contributed by atoms with E-state index in [1.807, 2.05) is 6.08 Å². The smallest absolute Gasteiger partial charge is 0.343 e. The normalized spacial score (nSPS) is 48.1. The highest BCUT2D eigenvalue weighted by atomic mass is 16.6. The Morgan fingerprint density at radius 1 is 1.46 bits per heavy atom. The average Bonchev–Trinajstić information content (AvgIpc) is 3.27. The summed E-state index contributed by atoms with van der Waals surface area (Å²) in [6.07, 6.45) is 7.56. The van der Waals surface area contributed by atoms with Gasteiger partial charge in [0.1, 0.15) is 0 Å². The van der Waals surface area contributed by atoms with Gasteiger partial charge in [-0.2, -0.15) is 0 Å². The molecule has 0 aromatic heterocycles. The Labute approximate surface area is 166 Å². The second-order valence-electron chi connectivity index (χ2n) is 9.25. The maximum absolute atomic E-state index is 11.9. The first-order valence-electron chi connectivity index (χ1n) is 10.7. The summed E-state index contributed by atoms with van der Waals surface area (Å²) in [5.41, 5.74) is 0.527. The summed E-state index contributed by atoms with van der Waals surface area (Å²) in [6.45, 7) is 7.09. The fraction of sp³-hybridized carbons (Fsp3) is 0.773. The van der Waals surface area contributed by atoms with Gasteiger partial charge in [-0.1, -0.05) is 26.7 Å². The van der Waals surface area contributed by atoms with Crippen molar-refractivity contribution in [1.29, 1.82) is 0 Å². The third kappa shape index (κ3) is 2.06. The lowest BCUT2D eigenvalue weighted by Crippen LogP contribution is -2.63. The van der Waals surface area contributed by atoms with Gasteiger partial charge in [0.15, 0.2) is 17.3 Å². The number of nitrogens with zero attached hydrogens (tertiary/aromatic N) is 1. The summed E-state index contributed by atoms with van der Waals surface area (Å²) in [7, 11) is 1.55. The van der Waals surface area contributed by atoms with Crippen molar-refractivity contribution in [1.82, 2.24) is 4.90 Å². The zero-order chi connectivity index (χ0) is 19.8. The first-order valence-corrected chi connectivity index (χ1v) is 10.7. The second-order valence-corrected chi connectivity index (χ2v) is 9.25. The van der Waals surface area contributed by atoms with Crippen molar-refractivity contribution in [2.75, 3.05) is 13.7 Å². The summed E-state index contributed by atoms with van der Waals surface area (Å²) in [6, 6.07) is 0.319. The number of rotatable bonds is 6. The molecule has 0 saturated carbocycles. The minimum absolute atomic E-state index is 0.000162. The summed E-state index contributed by atoms with van der Waals surface area (Å²) in [5, 5.41) is 11.8. The zero-order valence-electron chi connectivity index (χ0n) is 17.2. The van der Waals surface area contributed by atoms with Crippen molar-refractivity contribution in [2.45, 2.75) is 76.3 Å². The van der Waals surface area contributed by atoms with Gasteiger partial charge in [0.05, 0.1) is 24.3 Å². The highest BCUT2D eigenvalue weighted by Crippen LogP contribution is 2.68. The molecule has 0 amide bonds. The molecule has 5 heterocycles. The van der Waals surface area contributed by atoms with Crippen molar-refractivity contribution in [3.8, 4) is 0 Å². The molecule has 154 valence electrons. The van der Waals surface area contributed by atoms with Gasteiger partial charge in [-0.3, -0.25) is 4.90 Å². The number of piperidine rings is 1. The van der Waals surface area contributed by atoms with Gasteiger partial charge in [-0.05, 0) is 44.7 Å². The van der Waals surface area contributed by atoms with Crippen molar-refractivity contribution < 1.29 is 24.1 Å². The first kappa shape index (κ1) is 18.6. The van der Waals surface area contributed by atoms with Crippen LogP contribution in [0, 0.1) is 17.8 Å². The maximum Gasteiger partial charge on any atom is 0.343 e. The quantitative estimate of drug-likeness (QED) is 0.705. The Hall–Kier alpha value is -1.37. The maximum atomic E-state index is 11.9. The van der Waals surface area contributed by atoms with Crippen LogP contribution in [0.5, 0.6) is 0 Å². The van der Waals surface area contributed by atoms with Crippen LogP contribution in [-0.4, -0.2) is 53.1 Å². The van der Waals surface area contributed by atoms with Gasteiger partial charge in [-0.25, -0.2) is 4.79 Å². The van der Waals surface area contributed by atoms with E-state index in [4.69, 9.17) is 14.2 Å². The number of carbonyl (C=O) groups excluding carboxylic acids is 1. The number of cyclic esters (lactones) is 1. The highest BCUT2D eigenvalue weighted by Gasteiger charge is 2.80. The van der Waals surface area contributed by atoms with Crippen LogP contribution < -0.4 is 0 Å². The molecule has 5 rings (SSSR count). The Balaban J connectivity index is 1.48. The summed E-state index contributed by atoms with van der Waals surface area (Å²) in [4.78, 5) is 14.6. The van der Waals surface area contributed by atoms with Gasteiger partial charge in [0, 0.05) is 17.9 Å². The molecule has 0 spiro atoms. The SMILES string of the molecule is CCCCC12C3CC4C(C(C)C=C5OC(=O)C(C)=C5OC)C(O)(O3)C1CCN42. The van der Waals surface area contributed by atoms with Crippen molar-refractivity contribution in [3.63, 3.8) is 0 Å². The van der Waals surface area contributed by atoms with Crippen LogP contribution in [0.2, 0.25) is 0 Å². The summed E-state index contributed by atoms with van der Waals surface area (Å²) >= 11 is 0. The molecule has 5 aliphatic rings. The first-order chi connectivity index (χ1) is 13.4. The Kier molecular flexibility index (Phi) is 4.04. The molecule has 0 aromatic rings. The van der Waals surface area contributed by atoms with Crippen molar-refractivity contribution in [3.05, 3.63) is 23.2 Å². The number of unbranched alkanes of at least 4 members (excludes halogenated alkanes) is 1. The number of hydrogen-bond donors (Lipinski definition) is 1. The molecule has 4 saturated heterocycles. The predicted molar refractivity (Wildman–Crippen MR) is 102 cm³/mol. The van der Waals surface area contributed by atoms with E-state index in [1.54, 1.807) is 14.0 Å². The number of carbonyl (C=O) groups is 1. The van der Waals surface area contributed by atoms with E-state index in [0.29, 0.717) is 23.1 Å². The number of ether oxygens (including phenoxy) is 3. The number of aliphatic hydroxyl groups is 1. The van der Waals surface area contributed by atoms with Gasteiger partial charge >= 0.3 is 5.97 Å². The van der Waals surface area contributed by atoms with E-state index < -0.39 is 5.79 Å². The molecule has 6 nitrogen and oxygen atoms in total. The number of methoxy groups -OCH3 is 1. The van der Waals surface area contributed by atoms with E-state index >= 15 is 0 Å². The van der Waals surface area contributed by atoms with Crippen LogP contribution >= 0.6 is 0 Å². The fourth-order valence-electron chi connectivity index (χ4n) is 7.19. The lowest BCUT2D eigenvalue weighted by Gasteiger charge is -2.51. The van der Waals surface area contributed by atoms with Gasteiger partial charge in [0.25, 0.3) is 0 Å². The molecule has 6 heteroatoms. The molecule has 0 aromatic carbocycles. The number of esters is 1. The molecule has 0 radical (unpaired) electrons. The lowest BCUT2D eigenvalue weighted by molar-refractivity contribution is -0.280. The average molecular weight is 389 g/mol. The minimum Gasteiger partial charge on any atom is -0.492 e. The van der Waals surface area contributed by atoms with E-state index in [1.165, 1.54) is 12.8 Å². The molecule has 0 aliphatic carbocycles. The summed E-state index contributed by atoms with van der Waals surface area (Å²) < 4.78 is 17.2. The molecule has 5 aliphatic heterocycles. The third-order valence-electron chi connectivity index (χ3n) is 8.12. The largest absolute Gasteiger partial charge is 0.492 e. The van der Waals surface area contributed by atoms with Crippen LogP contribution in [-0.2, 0) is 19.0 Å². The van der Waals surface area contributed by atoms with Crippen molar-refractivity contribution in [2.24, 2.45) is 17.8 Å². The molecule has 5 bridgehead atoms. The molecule has 8 unspecified atom stereocenters. The molecular formula is C22H31NO5. The molecular weight excluding hydrogens is 358 g/mol. The lowest BCUT2D eigenvalue weighted by atomic mass is 9.68. The molecule has 1 N–H and O–H groups in total. The van der Waals surface area contributed by atoms with E-state index in [-0.39, 0.29) is 35.4 Å². The predicted octanol–water partition coefficient (Wildman–Crippen LogP) is 2.72. The molecule has 8 atom stereocenters. The number of allylic oxidation sites excluding steroid dienone is 1. The molecule has 28 heavy (non-hydrogen) atoms. The standard InChI is InChI=1S/C22H31NO5/c1-5-6-8-21-16-7-9-23(21)14-11-17(21)28-22(16,25)18(14)12(2)10-15-19(26-4)13(3)20(24)27-15/h10,12,14,16-18,25H,5-9,11H2,1-4H3. The topological polar surface area (TPSA) is 68.2 Å². The van der Waals surface area contributed by atoms with Crippen LogP contribution in [0.3, 0.4) is 0 Å². The number of hydrogen-bond acceptors (Lipinski definition) is 6.